The van der Waals surface area contributed by atoms with E-state index < -0.39 is 0 Å². The minimum atomic E-state index is -0.181. The van der Waals surface area contributed by atoms with Crippen LogP contribution in [0.4, 0.5) is 5.69 Å². The molecule has 1 aliphatic carbocycles. The number of benzene rings is 1. The monoisotopic (exact) mass is 310 g/mol. The van der Waals surface area contributed by atoms with Crippen molar-refractivity contribution in [3.05, 3.63) is 51.3 Å². The lowest BCUT2D eigenvalue weighted by atomic mass is 9.94. The average Bonchev–Trinajstić information content (AvgIpc) is 2.81. The second-order valence-electron chi connectivity index (χ2n) is 6.48. The lowest BCUT2D eigenvalue weighted by molar-refractivity contribution is 0.0971. The molecular formula is C19H22N2O2. The number of amides is 1. The Hall–Kier alpha value is -2.36. The molecule has 1 amide bonds. The van der Waals surface area contributed by atoms with Crippen molar-refractivity contribution >= 4 is 17.4 Å². The van der Waals surface area contributed by atoms with E-state index in [-0.39, 0.29) is 11.7 Å². The third-order valence-electron chi connectivity index (χ3n) is 4.58. The zero-order valence-corrected chi connectivity index (χ0v) is 14.1. The molecule has 0 radical (unpaired) electrons. The summed E-state index contributed by atoms with van der Waals surface area (Å²) in [6.07, 6.45) is 2.25. The second kappa shape index (κ2) is 5.69. The number of fused-ring (bicyclic) bond motifs is 1. The molecule has 0 atom stereocenters. The number of aryl methyl sites for hydroxylation is 4. The molecule has 0 bridgehead atoms. The lowest BCUT2D eigenvalue weighted by Gasteiger charge is -2.12. The average molecular weight is 310 g/mol. The molecule has 2 aromatic rings. The Kier molecular flexibility index (Phi) is 3.84. The summed E-state index contributed by atoms with van der Waals surface area (Å²) in [5.41, 5.74) is 7.00. The molecule has 1 heterocycles. The summed E-state index contributed by atoms with van der Waals surface area (Å²) < 4.78 is 0. The zero-order valence-electron chi connectivity index (χ0n) is 14.1. The van der Waals surface area contributed by atoms with Crippen LogP contribution < -0.4 is 5.32 Å². The van der Waals surface area contributed by atoms with E-state index in [1.54, 1.807) is 0 Å². The molecule has 120 valence electrons. The van der Waals surface area contributed by atoms with E-state index in [0.717, 1.165) is 46.5 Å². The highest BCUT2D eigenvalue weighted by molar-refractivity contribution is 6.08. The molecule has 23 heavy (non-hydrogen) atoms. The number of carbonyl (C=O) groups is 2. The van der Waals surface area contributed by atoms with Crippen LogP contribution in [0.2, 0.25) is 0 Å². The van der Waals surface area contributed by atoms with Crippen LogP contribution >= 0.6 is 0 Å². The van der Waals surface area contributed by atoms with Gasteiger partial charge < -0.3 is 10.3 Å². The number of hydrogen-bond donors (Lipinski definition) is 2. The summed E-state index contributed by atoms with van der Waals surface area (Å²) in [5, 5.41) is 3.01. The van der Waals surface area contributed by atoms with Crippen LogP contribution in [0.1, 0.15) is 61.6 Å². The number of hydrogen-bond acceptors (Lipinski definition) is 2. The fourth-order valence-electron chi connectivity index (χ4n) is 3.55. The molecule has 3 rings (SSSR count). The predicted molar refractivity (Wildman–Crippen MR) is 91.4 cm³/mol. The molecule has 0 unspecified atom stereocenters. The van der Waals surface area contributed by atoms with Crippen molar-refractivity contribution < 1.29 is 9.59 Å². The van der Waals surface area contributed by atoms with Crippen molar-refractivity contribution in [2.24, 2.45) is 0 Å². The van der Waals surface area contributed by atoms with Gasteiger partial charge in [-0.1, -0.05) is 17.7 Å². The minimum absolute atomic E-state index is 0.141. The fourth-order valence-corrected chi connectivity index (χ4v) is 3.55. The Morgan fingerprint density at radius 1 is 1.09 bits per heavy atom. The van der Waals surface area contributed by atoms with Gasteiger partial charge in [-0.3, -0.25) is 9.59 Å². The van der Waals surface area contributed by atoms with Crippen LogP contribution in [-0.4, -0.2) is 16.7 Å². The Morgan fingerprint density at radius 2 is 1.74 bits per heavy atom. The van der Waals surface area contributed by atoms with Crippen molar-refractivity contribution in [3.63, 3.8) is 0 Å². The molecule has 0 aliphatic heterocycles. The van der Waals surface area contributed by atoms with Crippen LogP contribution in [0, 0.1) is 27.7 Å². The molecule has 1 aliphatic rings. The van der Waals surface area contributed by atoms with Crippen molar-refractivity contribution in [1.82, 2.24) is 4.98 Å². The highest BCUT2D eigenvalue weighted by atomic mass is 16.2. The summed E-state index contributed by atoms with van der Waals surface area (Å²) >= 11 is 0. The van der Waals surface area contributed by atoms with Crippen LogP contribution in [0.15, 0.2) is 12.1 Å². The summed E-state index contributed by atoms with van der Waals surface area (Å²) in [6.45, 7) is 7.88. The van der Waals surface area contributed by atoms with Gasteiger partial charge in [0.05, 0.1) is 0 Å². The minimum Gasteiger partial charge on any atom is -0.354 e. The summed E-state index contributed by atoms with van der Waals surface area (Å²) in [7, 11) is 0. The topological polar surface area (TPSA) is 62.0 Å². The molecule has 0 saturated heterocycles. The van der Waals surface area contributed by atoms with Gasteiger partial charge in [0.2, 0.25) is 0 Å². The Balaban J connectivity index is 1.95. The van der Waals surface area contributed by atoms with Crippen LogP contribution in [-0.2, 0) is 6.42 Å². The van der Waals surface area contributed by atoms with Gasteiger partial charge in [0.1, 0.15) is 5.69 Å². The number of H-pyrrole nitrogens is 1. The van der Waals surface area contributed by atoms with E-state index in [4.69, 9.17) is 0 Å². The highest BCUT2D eigenvalue weighted by Gasteiger charge is 2.26. The molecule has 0 fully saturated rings. The Bertz CT molecular complexity index is 792. The van der Waals surface area contributed by atoms with E-state index >= 15 is 0 Å². The number of rotatable bonds is 2. The first-order valence-electron chi connectivity index (χ1n) is 8.02. The van der Waals surface area contributed by atoms with Crippen molar-refractivity contribution in [3.8, 4) is 0 Å². The third kappa shape index (κ3) is 2.69. The Morgan fingerprint density at radius 3 is 2.35 bits per heavy atom. The quantitative estimate of drug-likeness (QED) is 0.880. The van der Waals surface area contributed by atoms with Gasteiger partial charge in [-0.25, -0.2) is 0 Å². The smallest absolute Gasteiger partial charge is 0.272 e. The van der Waals surface area contributed by atoms with Crippen molar-refractivity contribution in [2.75, 3.05) is 5.32 Å². The van der Waals surface area contributed by atoms with Crippen LogP contribution in [0.25, 0.3) is 0 Å². The first-order valence-corrected chi connectivity index (χ1v) is 8.02. The molecule has 1 aromatic carbocycles. The molecule has 4 nitrogen and oxygen atoms in total. The fraction of sp³-hybridized carbons (Fsp3) is 0.368. The third-order valence-corrected chi connectivity index (χ3v) is 4.58. The normalized spacial score (nSPS) is 13.8. The van der Waals surface area contributed by atoms with Gasteiger partial charge >= 0.3 is 0 Å². The first-order chi connectivity index (χ1) is 10.9. The number of aromatic nitrogens is 1. The van der Waals surface area contributed by atoms with E-state index in [9.17, 15) is 9.59 Å². The maximum Gasteiger partial charge on any atom is 0.272 e. The maximum absolute atomic E-state index is 12.7. The molecule has 0 saturated carbocycles. The molecule has 2 N–H and O–H groups in total. The standard InChI is InChI=1S/C19H22N2O2/c1-10-8-11(2)17(12(3)9-10)21-19(23)18-13(4)16-14(20-18)6-5-7-15(16)22/h8-9,20H,5-7H2,1-4H3,(H,21,23). The van der Waals surface area contributed by atoms with Gasteiger partial charge in [0.15, 0.2) is 5.78 Å². The van der Waals surface area contributed by atoms with Crippen LogP contribution in [0.3, 0.4) is 0 Å². The van der Waals surface area contributed by atoms with Crippen molar-refractivity contribution in [1.29, 1.82) is 0 Å². The molecule has 0 spiro atoms. The van der Waals surface area contributed by atoms with Gasteiger partial charge in [0.25, 0.3) is 5.91 Å². The zero-order chi connectivity index (χ0) is 16.7. The maximum atomic E-state index is 12.7. The number of anilines is 1. The number of Topliss-reactive ketones (excluding diaryl/α,β-unsaturated/α-hetero) is 1. The largest absolute Gasteiger partial charge is 0.354 e. The number of ketones is 1. The number of carbonyl (C=O) groups excluding carboxylic acids is 2. The molecule has 4 heteroatoms. The van der Waals surface area contributed by atoms with Gasteiger partial charge in [-0.05, 0) is 57.2 Å². The van der Waals surface area contributed by atoms with E-state index in [0.29, 0.717) is 12.1 Å². The summed E-state index contributed by atoms with van der Waals surface area (Å²) in [5.74, 6) is -0.0403. The number of nitrogens with one attached hydrogen (secondary N) is 2. The summed E-state index contributed by atoms with van der Waals surface area (Å²) in [6, 6.07) is 4.11. The highest BCUT2D eigenvalue weighted by Crippen LogP contribution is 2.28. The van der Waals surface area contributed by atoms with Crippen LogP contribution in [0.5, 0.6) is 0 Å². The summed E-state index contributed by atoms with van der Waals surface area (Å²) in [4.78, 5) is 28.0. The van der Waals surface area contributed by atoms with E-state index in [1.807, 2.05) is 27.7 Å². The first kappa shape index (κ1) is 15.5. The van der Waals surface area contributed by atoms with Crippen molar-refractivity contribution in [2.45, 2.75) is 47.0 Å². The molecule has 1 aromatic heterocycles. The predicted octanol–water partition coefficient (Wildman–Crippen LogP) is 4.02. The van der Waals surface area contributed by atoms with Gasteiger partial charge in [-0.15, -0.1) is 0 Å². The van der Waals surface area contributed by atoms with E-state index in [1.165, 1.54) is 5.56 Å². The number of aromatic amines is 1. The Labute approximate surface area is 136 Å². The van der Waals surface area contributed by atoms with Gasteiger partial charge in [-0.2, -0.15) is 0 Å². The molecular weight excluding hydrogens is 288 g/mol. The lowest BCUT2D eigenvalue weighted by Crippen LogP contribution is -2.15. The SMILES string of the molecule is Cc1cc(C)c(NC(=O)c2[nH]c3c(c2C)C(=O)CCC3)c(C)c1. The second-order valence-corrected chi connectivity index (χ2v) is 6.48. The van der Waals surface area contributed by atoms with Gasteiger partial charge in [0, 0.05) is 23.4 Å². The van der Waals surface area contributed by atoms with E-state index in [2.05, 4.69) is 22.4 Å².